The number of aryl methyl sites for hydroxylation is 1. The van der Waals surface area contributed by atoms with Crippen LogP contribution >= 0.6 is 11.3 Å². The lowest BCUT2D eigenvalue weighted by Gasteiger charge is -2.26. The summed E-state index contributed by atoms with van der Waals surface area (Å²) in [5, 5.41) is 0.885. The predicted molar refractivity (Wildman–Crippen MR) is 83.3 cm³/mol. The van der Waals surface area contributed by atoms with Gasteiger partial charge in [-0.3, -0.25) is 4.79 Å². The van der Waals surface area contributed by atoms with Crippen LogP contribution in [0.4, 0.5) is 8.78 Å². The van der Waals surface area contributed by atoms with E-state index in [1.807, 2.05) is 6.92 Å². The van der Waals surface area contributed by atoms with Crippen LogP contribution < -0.4 is 10.5 Å². The van der Waals surface area contributed by atoms with Crippen molar-refractivity contribution in [1.29, 1.82) is 0 Å². The first kappa shape index (κ1) is 16.7. The van der Waals surface area contributed by atoms with Crippen molar-refractivity contribution in [3.63, 3.8) is 0 Å². The fourth-order valence-corrected chi connectivity index (χ4v) is 3.36. The standard InChI is InChI=1S/C15H15F2N3O3S/c1-7-19-5-12(24-7)10-4-11(13(18)21)20-14-9(10)3-2-8(23-14)6-22-15(16)17/h4-5,8,15H,2-3,6H2,1H3,(H2,18,21)/t8-/m0/s1. The first-order chi connectivity index (χ1) is 11.4. The Morgan fingerprint density at radius 1 is 1.58 bits per heavy atom. The molecule has 0 spiro atoms. The number of alkyl halides is 2. The van der Waals surface area contributed by atoms with Crippen LogP contribution in [0.1, 0.15) is 27.5 Å². The van der Waals surface area contributed by atoms with Gasteiger partial charge in [0.2, 0.25) is 5.88 Å². The van der Waals surface area contributed by atoms with Crippen molar-refractivity contribution in [3.05, 3.63) is 28.5 Å². The zero-order valence-electron chi connectivity index (χ0n) is 12.8. The van der Waals surface area contributed by atoms with Crippen LogP contribution in [0.15, 0.2) is 12.3 Å². The van der Waals surface area contributed by atoms with E-state index in [1.165, 1.54) is 11.3 Å². The van der Waals surface area contributed by atoms with Crippen molar-refractivity contribution in [2.24, 2.45) is 5.73 Å². The average molecular weight is 355 g/mol. The third-order valence-corrected chi connectivity index (χ3v) is 4.57. The minimum absolute atomic E-state index is 0.0604. The molecule has 0 aliphatic carbocycles. The Labute approximate surface area is 140 Å². The smallest absolute Gasteiger partial charge is 0.345 e. The molecule has 0 radical (unpaired) electrons. The van der Waals surface area contributed by atoms with Crippen LogP contribution in [-0.2, 0) is 11.2 Å². The zero-order valence-corrected chi connectivity index (χ0v) is 13.6. The number of amides is 1. The largest absolute Gasteiger partial charge is 0.472 e. The van der Waals surface area contributed by atoms with Crippen molar-refractivity contribution in [3.8, 4) is 16.3 Å². The zero-order chi connectivity index (χ0) is 17.3. The highest BCUT2D eigenvalue weighted by atomic mass is 32.1. The van der Waals surface area contributed by atoms with E-state index in [4.69, 9.17) is 10.5 Å². The first-order valence-corrected chi connectivity index (χ1v) is 8.08. The Bertz CT molecular complexity index is 766. The number of carbonyl (C=O) groups excluding carboxylic acids is 1. The van der Waals surface area contributed by atoms with Gasteiger partial charge in [-0.05, 0) is 25.8 Å². The van der Waals surface area contributed by atoms with Gasteiger partial charge in [-0.1, -0.05) is 0 Å². The average Bonchev–Trinajstić information content (AvgIpc) is 2.97. The van der Waals surface area contributed by atoms with E-state index < -0.39 is 18.6 Å². The molecule has 2 N–H and O–H groups in total. The van der Waals surface area contributed by atoms with Gasteiger partial charge in [-0.15, -0.1) is 11.3 Å². The number of fused-ring (bicyclic) bond motifs is 1. The van der Waals surface area contributed by atoms with Crippen molar-refractivity contribution in [2.75, 3.05) is 6.61 Å². The number of hydrogen-bond donors (Lipinski definition) is 1. The first-order valence-electron chi connectivity index (χ1n) is 7.27. The summed E-state index contributed by atoms with van der Waals surface area (Å²) in [4.78, 5) is 20.8. The quantitative estimate of drug-likeness (QED) is 0.891. The predicted octanol–water partition coefficient (Wildman–Crippen LogP) is 2.55. The summed E-state index contributed by atoms with van der Waals surface area (Å²) >= 11 is 1.48. The molecule has 3 heterocycles. The summed E-state index contributed by atoms with van der Waals surface area (Å²) in [5.41, 5.74) is 7.00. The number of aromatic nitrogens is 2. The van der Waals surface area contributed by atoms with E-state index in [2.05, 4.69) is 14.7 Å². The Balaban J connectivity index is 1.96. The Hall–Kier alpha value is -2.13. The summed E-state index contributed by atoms with van der Waals surface area (Å²) in [6.07, 6.45) is 2.26. The lowest BCUT2D eigenvalue weighted by molar-refractivity contribution is -0.146. The van der Waals surface area contributed by atoms with E-state index in [-0.39, 0.29) is 18.2 Å². The highest BCUT2D eigenvalue weighted by Gasteiger charge is 2.27. The maximum Gasteiger partial charge on any atom is 0.345 e. The molecule has 3 rings (SSSR count). The molecule has 1 aliphatic rings. The molecule has 0 saturated heterocycles. The number of pyridine rings is 1. The van der Waals surface area contributed by atoms with Gasteiger partial charge >= 0.3 is 6.61 Å². The van der Waals surface area contributed by atoms with Gasteiger partial charge < -0.3 is 15.2 Å². The van der Waals surface area contributed by atoms with Gasteiger partial charge in [0.25, 0.3) is 5.91 Å². The summed E-state index contributed by atoms with van der Waals surface area (Å²) < 4.78 is 34.3. The molecule has 1 amide bonds. The molecule has 1 aliphatic heterocycles. The van der Waals surface area contributed by atoms with Gasteiger partial charge in [0, 0.05) is 17.3 Å². The van der Waals surface area contributed by atoms with E-state index >= 15 is 0 Å². The molecular formula is C15H15F2N3O3S. The number of carbonyl (C=O) groups is 1. The van der Waals surface area contributed by atoms with Crippen molar-refractivity contribution >= 4 is 17.2 Å². The molecule has 1 atom stereocenters. The molecule has 0 saturated carbocycles. The second-order valence-electron chi connectivity index (χ2n) is 5.32. The number of thiazole rings is 1. The fourth-order valence-electron chi connectivity index (χ4n) is 2.54. The van der Waals surface area contributed by atoms with E-state index in [0.29, 0.717) is 12.8 Å². The fraction of sp³-hybridized carbons (Fsp3) is 0.400. The number of primary amides is 1. The van der Waals surface area contributed by atoms with Gasteiger partial charge in [-0.2, -0.15) is 8.78 Å². The Morgan fingerprint density at radius 3 is 3.00 bits per heavy atom. The molecule has 24 heavy (non-hydrogen) atoms. The van der Waals surface area contributed by atoms with Gasteiger partial charge in [0.05, 0.1) is 16.5 Å². The SMILES string of the molecule is Cc1ncc(-c2cc(C(N)=O)nc3c2CC[C@@H](COC(F)F)O3)s1. The van der Waals surface area contributed by atoms with E-state index in [1.54, 1.807) is 12.3 Å². The van der Waals surface area contributed by atoms with Crippen molar-refractivity contribution in [1.82, 2.24) is 9.97 Å². The second-order valence-corrected chi connectivity index (χ2v) is 6.55. The molecule has 2 aromatic heterocycles. The van der Waals surface area contributed by atoms with E-state index in [0.717, 1.165) is 21.0 Å². The molecule has 9 heteroatoms. The van der Waals surface area contributed by atoms with Crippen molar-refractivity contribution < 1.29 is 23.0 Å². The Morgan fingerprint density at radius 2 is 2.38 bits per heavy atom. The maximum atomic E-state index is 12.2. The third kappa shape index (κ3) is 3.51. The van der Waals surface area contributed by atoms with Crippen LogP contribution in [0.3, 0.4) is 0 Å². The summed E-state index contributed by atoms with van der Waals surface area (Å²) in [6.45, 7) is -1.21. The molecular weight excluding hydrogens is 340 g/mol. The molecule has 0 fully saturated rings. The molecule has 0 unspecified atom stereocenters. The lowest BCUT2D eigenvalue weighted by Crippen LogP contribution is -2.30. The highest BCUT2D eigenvalue weighted by molar-refractivity contribution is 7.15. The summed E-state index contributed by atoms with van der Waals surface area (Å²) in [5.74, 6) is -0.448. The van der Waals surface area contributed by atoms with Gasteiger partial charge in [-0.25, -0.2) is 9.97 Å². The Kier molecular flexibility index (Phi) is 4.72. The molecule has 2 aromatic rings. The maximum absolute atomic E-state index is 12.2. The molecule has 6 nitrogen and oxygen atoms in total. The van der Waals surface area contributed by atoms with E-state index in [9.17, 15) is 13.6 Å². The number of nitrogens with zero attached hydrogens (tertiary/aromatic N) is 2. The number of nitrogens with two attached hydrogens (primary N) is 1. The number of rotatable bonds is 5. The molecule has 0 aromatic carbocycles. The van der Waals surface area contributed by atoms with Gasteiger partial charge in [0.15, 0.2) is 0 Å². The summed E-state index contributed by atoms with van der Waals surface area (Å²) in [7, 11) is 0. The molecule has 0 bridgehead atoms. The number of hydrogen-bond acceptors (Lipinski definition) is 6. The minimum atomic E-state index is -2.85. The molecule has 128 valence electrons. The monoisotopic (exact) mass is 355 g/mol. The van der Waals surface area contributed by atoms with Crippen LogP contribution in [0.25, 0.3) is 10.4 Å². The summed E-state index contributed by atoms with van der Waals surface area (Å²) in [6, 6.07) is 1.62. The number of ether oxygens (including phenoxy) is 2. The third-order valence-electron chi connectivity index (χ3n) is 3.63. The van der Waals surface area contributed by atoms with Crippen LogP contribution in [-0.4, -0.2) is 35.2 Å². The minimum Gasteiger partial charge on any atom is -0.472 e. The van der Waals surface area contributed by atoms with Gasteiger partial charge in [0.1, 0.15) is 11.8 Å². The second kappa shape index (κ2) is 6.78. The number of halogens is 2. The van der Waals surface area contributed by atoms with Crippen LogP contribution in [0, 0.1) is 6.92 Å². The van der Waals surface area contributed by atoms with Crippen LogP contribution in [0.2, 0.25) is 0 Å². The highest BCUT2D eigenvalue weighted by Crippen LogP contribution is 2.37. The lowest BCUT2D eigenvalue weighted by atomic mass is 9.98. The van der Waals surface area contributed by atoms with Crippen molar-refractivity contribution in [2.45, 2.75) is 32.5 Å². The normalized spacial score (nSPS) is 16.8. The van der Waals surface area contributed by atoms with Crippen LogP contribution in [0.5, 0.6) is 5.88 Å². The topological polar surface area (TPSA) is 87.3 Å².